The molecule has 23 heavy (non-hydrogen) atoms. The number of hydrogen-bond donors (Lipinski definition) is 1. The molecule has 3 heteroatoms. The van der Waals surface area contributed by atoms with Crippen molar-refractivity contribution in [1.29, 1.82) is 0 Å². The van der Waals surface area contributed by atoms with Gasteiger partial charge in [-0.2, -0.15) is 0 Å². The number of carbonyl (C=O) groups excluding carboxylic acids is 1. The van der Waals surface area contributed by atoms with Gasteiger partial charge in [0, 0.05) is 0 Å². The SMILES string of the molecule is CCCCOC(=O)C(C)C(CCCC)(CCCC)CCCC.N. The number of esters is 1. The predicted octanol–water partition coefficient (Wildman–Crippen LogP) is 6.68. The molecule has 0 aliphatic rings. The Labute approximate surface area is 145 Å². The fraction of sp³-hybridized carbons (Fsp3) is 0.950. The second-order valence-corrected chi connectivity index (χ2v) is 6.92. The highest BCUT2D eigenvalue weighted by molar-refractivity contribution is 5.73. The predicted molar refractivity (Wildman–Crippen MR) is 101 cm³/mol. The molecule has 0 aromatic heterocycles. The summed E-state index contributed by atoms with van der Waals surface area (Å²) in [6, 6.07) is 0. The first kappa shape index (κ1) is 24.7. The molecule has 3 N–H and O–H groups in total. The van der Waals surface area contributed by atoms with Crippen LogP contribution in [0.15, 0.2) is 0 Å². The first-order chi connectivity index (χ1) is 10.6. The Morgan fingerprint density at radius 2 is 1.22 bits per heavy atom. The zero-order valence-corrected chi connectivity index (χ0v) is 16.6. The van der Waals surface area contributed by atoms with Crippen LogP contribution in [0, 0.1) is 11.3 Å². The Morgan fingerprint density at radius 1 is 0.826 bits per heavy atom. The summed E-state index contributed by atoms with van der Waals surface area (Å²) in [5.41, 5.74) is 0.158. The lowest BCUT2D eigenvalue weighted by molar-refractivity contribution is -0.154. The topological polar surface area (TPSA) is 61.3 Å². The van der Waals surface area contributed by atoms with Gasteiger partial charge < -0.3 is 10.9 Å². The number of unbranched alkanes of at least 4 members (excludes halogenated alkanes) is 4. The van der Waals surface area contributed by atoms with Crippen LogP contribution in [0.1, 0.15) is 105 Å². The minimum Gasteiger partial charge on any atom is -0.465 e. The number of carbonyl (C=O) groups is 1. The lowest BCUT2D eigenvalue weighted by Crippen LogP contribution is -2.35. The molecule has 0 spiro atoms. The number of ether oxygens (including phenoxy) is 1. The molecule has 0 saturated carbocycles. The Balaban J connectivity index is 0. The standard InChI is InChI=1S/C20H40O2.H3N/c1-6-10-14-20(15-11-7-2,16-12-8-3)18(5)19(21)22-17-13-9-4;/h18H,6-17H2,1-5H3;1H3. The molecule has 0 saturated heterocycles. The molecule has 0 amide bonds. The van der Waals surface area contributed by atoms with Gasteiger partial charge in [0.2, 0.25) is 0 Å². The Morgan fingerprint density at radius 3 is 1.57 bits per heavy atom. The summed E-state index contributed by atoms with van der Waals surface area (Å²) in [4.78, 5) is 12.5. The molecule has 0 aliphatic heterocycles. The fourth-order valence-corrected chi connectivity index (χ4v) is 3.30. The minimum atomic E-state index is 0. The highest BCUT2D eigenvalue weighted by atomic mass is 16.5. The molecule has 0 aromatic rings. The van der Waals surface area contributed by atoms with E-state index in [0.29, 0.717) is 6.61 Å². The van der Waals surface area contributed by atoms with E-state index in [2.05, 4.69) is 34.6 Å². The smallest absolute Gasteiger partial charge is 0.309 e. The second-order valence-electron chi connectivity index (χ2n) is 6.92. The van der Waals surface area contributed by atoms with Crippen LogP contribution in [0.2, 0.25) is 0 Å². The van der Waals surface area contributed by atoms with Gasteiger partial charge in [0.25, 0.3) is 0 Å². The first-order valence-corrected chi connectivity index (χ1v) is 9.74. The first-order valence-electron chi connectivity index (χ1n) is 9.74. The summed E-state index contributed by atoms with van der Waals surface area (Å²) >= 11 is 0. The van der Waals surface area contributed by atoms with Crippen molar-refractivity contribution in [3.8, 4) is 0 Å². The van der Waals surface area contributed by atoms with Gasteiger partial charge in [-0.1, -0.05) is 79.6 Å². The van der Waals surface area contributed by atoms with Gasteiger partial charge in [0.05, 0.1) is 12.5 Å². The molecular weight excluding hydrogens is 286 g/mol. The maximum absolute atomic E-state index is 12.5. The Bertz CT molecular complexity index is 257. The van der Waals surface area contributed by atoms with Crippen LogP contribution in [0.5, 0.6) is 0 Å². The van der Waals surface area contributed by atoms with E-state index in [0.717, 1.165) is 12.8 Å². The molecular formula is C20H43NO2. The average Bonchev–Trinajstić information content (AvgIpc) is 2.54. The van der Waals surface area contributed by atoms with Crippen molar-refractivity contribution >= 4 is 5.97 Å². The van der Waals surface area contributed by atoms with Gasteiger partial charge in [0.1, 0.15) is 0 Å². The zero-order chi connectivity index (χ0) is 16.8. The molecule has 0 aliphatic carbocycles. The molecule has 0 radical (unpaired) electrons. The molecule has 1 unspecified atom stereocenters. The van der Waals surface area contributed by atoms with Gasteiger partial charge in [-0.05, 0) is 31.1 Å². The summed E-state index contributed by atoms with van der Waals surface area (Å²) < 4.78 is 5.55. The summed E-state index contributed by atoms with van der Waals surface area (Å²) in [6.45, 7) is 11.6. The molecule has 0 bridgehead atoms. The zero-order valence-electron chi connectivity index (χ0n) is 16.6. The number of rotatable bonds is 14. The molecule has 0 heterocycles. The fourth-order valence-electron chi connectivity index (χ4n) is 3.30. The molecule has 0 aromatic carbocycles. The normalized spacial score (nSPS) is 12.6. The van der Waals surface area contributed by atoms with E-state index in [1.54, 1.807) is 0 Å². The van der Waals surface area contributed by atoms with Crippen LogP contribution in [0.3, 0.4) is 0 Å². The van der Waals surface area contributed by atoms with E-state index in [1.807, 2.05) is 0 Å². The van der Waals surface area contributed by atoms with Gasteiger partial charge >= 0.3 is 5.97 Å². The monoisotopic (exact) mass is 329 g/mol. The van der Waals surface area contributed by atoms with E-state index >= 15 is 0 Å². The maximum atomic E-state index is 12.5. The molecule has 1 atom stereocenters. The largest absolute Gasteiger partial charge is 0.465 e. The maximum Gasteiger partial charge on any atom is 0.309 e. The van der Waals surface area contributed by atoms with Crippen molar-refractivity contribution in [2.45, 2.75) is 105 Å². The van der Waals surface area contributed by atoms with E-state index in [4.69, 9.17) is 4.74 Å². The van der Waals surface area contributed by atoms with Gasteiger partial charge in [-0.15, -0.1) is 0 Å². The van der Waals surface area contributed by atoms with Crippen molar-refractivity contribution in [3.63, 3.8) is 0 Å². The van der Waals surface area contributed by atoms with Crippen molar-refractivity contribution in [2.75, 3.05) is 6.61 Å². The van der Waals surface area contributed by atoms with Crippen LogP contribution >= 0.6 is 0 Å². The van der Waals surface area contributed by atoms with Crippen LogP contribution in [-0.4, -0.2) is 12.6 Å². The van der Waals surface area contributed by atoms with Crippen molar-refractivity contribution < 1.29 is 9.53 Å². The van der Waals surface area contributed by atoms with E-state index in [-0.39, 0.29) is 23.5 Å². The molecule has 3 nitrogen and oxygen atoms in total. The van der Waals surface area contributed by atoms with Gasteiger partial charge in [-0.25, -0.2) is 0 Å². The third-order valence-electron chi connectivity index (χ3n) is 5.10. The Hall–Kier alpha value is -0.570. The third-order valence-corrected chi connectivity index (χ3v) is 5.10. The highest BCUT2D eigenvalue weighted by Crippen LogP contribution is 2.44. The van der Waals surface area contributed by atoms with Crippen LogP contribution < -0.4 is 6.15 Å². The second kappa shape index (κ2) is 15.0. The third kappa shape index (κ3) is 9.34. The number of hydrogen-bond acceptors (Lipinski definition) is 3. The Kier molecular flexibility index (Phi) is 16.1. The van der Waals surface area contributed by atoms with Crippen LogP contribution in [0.25, 0.3) is 0 Å². The van der Waals surface area contributed by atoms with E-state index < -0.39 is 0 Å². The lowest BCUT2D eigenvalue weighted by atomic mass is 9.66. The van der Waals surface area contributed by atoms with Gasteiger partial charge in [0.15, 0.2) is 0 Å². The summed E-state index contributed by atoms with van der Waals surface area (Å²) in [6.07, 6.45) is 12.9. The van der Waals surface area contributed by atoms with Crippen LogP contribution in [-0.2, 0) is 9.53 Å². The van der Waals surface area contributed by atoms with Gasteiger partial charge in [-0.3, -0.25) is 4.79 Å². The van der Waals surface area contributed by atoms with Crippen molar-refractivity contribution in [2.24, 2.45) is 11.3 Å². The van der Waals surface area contributed by atoms with Crippen molar-refractivity contribution in [3.05, 3.63) is 0 Å². The summed E-state index contributed by atoms with van der Waals surface area (Å²) in [5.74, 6) is 0.0748. The van der Waals surface area contributed by atoms with E-state index in [9.17, 15) is 4.79 Å². The summed E-state index contributed by atoms with van der Waals surface area (Å²) in [5, 5.41) is 0. The molecule has 0 fully saturated rings. The van der Waals surface area contributed by atoms with Crippen molar-refractivity contribution in [1.82, 2.24) is 6.15 Å². The van der Waals surface area contributed by atoms with E-state index in [1.165, 1.54) is 57.8 Å². The average molecular weight is 330 g/mol. The molecule has 140 valence electrons. The summed E-state index contributed by atoms with van der Waals surface area (Å²) in [7, 11) is 0. The molecule has 0 rings (SSSR count). The lowest BCUT2D eigenvalue weighted by Gasteiger charge is -2.39. The highest BCUT2D eigenvalue weighted by Gasteiger charge is 2.39. The van der Waals surface area contributed by atoms with Crippen LogP contribution in [0.4, 0.5) is 0 Å². The minimum absolute atomic E-state index is 0. The quantitative estimate of drug-likeness (QED) is 0.285.